The van der Waals surface area contributed by atoms with Crippen molar-refractivity contribution < 1.29 is 13.9 Å². The molecular weight excluding hydrogens is 656 g/mol. The summed E-state index contributed by atoms with van der Waals surface area (Å²) < 4.78 is 23.5. The SMILES string of the molecule is C=CC(=O)N1CC2CCOc3c(Cl)c(-c4c(N)c(Cl)cc(Cl)c4F)nc4c3c(nc(=O)n4-c3c(C)ccnc3C(C)C)N2CC1C. The Morgan fingerprint density at radius 2 is 1.96 bits per heavy atom. The Bertz CT molecular complexity index is 1970. The molecule has 1 saturated heterocycles. The molecule has 2 N–H and O–H groups in total. The molecule has 3 aromatic heterocycles. The van der Waals surface area contributed by atoms with E-state index in [0.717, 1.165) is 5.56 Å². The number of anilines is 2. The van der Waals surface area contributed by atoms with Gasteiger partial charge < -0.3 is 20.3 Å². The Kier molecular flexibility index (Phi) is 8.37. The van der Waals surface area contributed by atoms with Crippen molar-refractivity contribution in [2.24, 2.45) is 0 Å². The van der Waals surface area contributed by atoms with Gasteiger partial charge in [-0.25, -0.2) is 18.7 Å². The molecular formula is C32H31Cl3FN7O3. The number of amides is 1. The summed E-state index contributed by atoms with van der Waals surface area (Å²) in [4.78, 5) is 44.8. The first-order chi connectivity index (χ1) is 21.8. The van der Waals surface area contributed by atoms with Gasteiger partial charge in [-0.2, -0.15) is 4.98 Å². The fraction of sp³-hybridized carbons (Fsp3) is 0.344. The average molecular weight is 687 g/mol. The third kappa shape index (κ3) is 5.05. The zero-order valence-corrected chi connectivity index (χ0v) is 27.8. The molecule has 2 aliphatic rings. The van der Waals surface area contributed by atoms with Crippen LogP contribution >= 0.6 is 34.8 Å². The number of nitrogen functional groups attached to an aromatic ring is 1. The van der Waals surface area contributed by atoms with E-state index in [2.05, 4.69) is 16.5 Å². The van der Waals surface area contributed by atoms with Crippen molar-refractivity contribution in [2.45, 2.75) is 52.1 Å². The molecule has 14 heteroatoms. The van der Waals surface area contributed by atoms with Crippen LogP contribution in [-0.2, 0) is 4.79 Å². The van der Waals surface area contributed by atoms with Crippen LogP contribution in [0.4, 0.5) is 15.9 Å². The smallest absolute Gasteiger partial charge is 0.355 e. The van der Waals surface area contributed by atoms with Gasteiger partial charge in [-0.3, -0.25) is 9.78 Å². The second kappa shape index (κ2) is 12.0. The molecule has 240 valence electrons. The van der Waals surface area contributed by atoms with Crippen LogP contribution in [0.5, 0.6) is 5.75 Å². The molecule has 6 rings (SSSR count). The number of piperazine rings is 1. The molecule has 4 aromatic rings. The summed E-state index contributed by atoms with van der Waals surface area (Å²) in [5.41, 5.74) is 7.17. The van der Waals surface area contributed by atoms with Gasteiger partial charge in [0, 0.05) is 31.7 Å². The largest absolute Gasteiger partial charge is 0.491 e. The Morgan fingerprint density at radius 1 is 1.22 bits per heavy atom. The lowest BCUT2D eigenvalue weighted by molar-refractivity contribution is -0.129. The zero-order chi connectivity index (χ0) is 33.2. The average Bonchev–Trinajstić information content (AvgIpc) is 3.00. The number of benzene rings is 1. The van der Waals surface area contributed by atoms with Crippen molar-refractivity contribution in [1.82, 2.24) is 24.4 Å². The summed E-state index contributed by atoms with van der Waals surface area (Å²) in [7, 11) is 0. The van der Waals surface area contributed by atoms with E-state index in [9.17, 15) is 9.59 Å². The fourth-order valence-corrected chi connectivity index (χ4v) is 7.03. The van der Waals surface area contributed by atoms with Gasteiger partial charge in [-0.1, -0.05) is 55.2 Å². The molecule has 1 fully saturated rings. The lowest BCUT2D eigenvalue weighted by Crippen LogP contribution is -2.60. The number of carbonyl (C=O) groups is 1. The van der Waals surface area contributed by atoms with Gasteiger partial charge in [0.1, 0.15) is 21.9 Å². The molecule has 0 radical (unpaired) electrons. The van der Waals surface area contributed by atoms with Crippen LogP contribution in [0, 0.1) is 12.7 Å². The third-order valence-electron chi connectivity index (χ3n) is 8.54. The van der Waals surface area contributed by atoms with Gasteiger partial charge in [-0.15, -0.1) is 0 Å². The highest BCUT2D eigenvalue weighted by Gasteiger charge is 2.39. The molecule has 2 unspecified atom stereocenters. The third-order valence-corrected chi connectivity index (χ3v) is 9.48. The maximum absolute atomic E-state index is 15.8. The van der Waals surface area contributed by atoms with Gasteiger partial charge in [0.25, 0.3) is 0 Å². The van der Waals surface area contributed by atoms with Gasteiger partial charge >= 0.3 is 5.69 Å². The number of carbonyl (C=O) groups excluding carboxylic acids is 1. The molecule has 46 heavy (non-hydrogen) atoms. The number of halogens is 4. The first-order valence-corrected chi connectivity index (χ1v) is 15.9. The summed E-state index contributed by atoms with van der Waals surface area (Å²) in [6.07, 6.45) is 3.43. The summed E-state index contributed by atoms with van der Waals surface area (Å²) in [5, 5.41) is 0.0182. The van der Waals surface area contributed by atoms with E-state index in [1.165, 1.54) is 16.7 Å². The first kappa shape index (κ1) is 32.0. The van der Waals surface area contributed by atoms with Crippen LogP contribution in [0.2, 0.25) is 15.1 Å². The monoisotopic (exact) mass is 685 g/mol. The normalized spacial score (nSPS) is 17.8. The molecule has 0 saturated carbocycles. The molecule has 0 spiro atoms. The lowest BCUT2D eigenvalue weighted by atomic mass is 10.0. The highest BCUT2D eigenvalue weighted by Crippen LogP contribution is 2.48. The minimum absolute atomic E-state index is 0.00438. The number of nitrogens with two attached hydrogens (primary N) is 1. The van der Waals surface area contributed by atoms with Crippen LogP contribution in [0.15, 0.2) is 35.8 Å². The number of pyridine rings is 2. The standard InChI is InChI=1S/C32H31Cl3FN7O3/c1-6-20(44)41-13-17-8-10-46-29-22-30(42(17)12-16(41)5)40-32(45)43(28-15(4)7-9-38-26(28)14(2)3)31(22)39-27(23(29)35)21-24(36)18(33)11-19(34)25(21)37/h6-7,9,11,14,16-17H,1,8,10,12-13,37H2,2-5H3. The van der Waals surface area contributed by atoms with E-state index < -0.39 is 11.5 Å². The molecule has 0 bridgehead atoms. The summed E-state index contributed by atoms with van der Waals surface area (Å²) >= 11 is 19.6. The number of aryl methyl sites for hydroxylation is 1. The number of rotatable bonds is 4. The van der Waals surface area contributed by atoms with Crippen molar-refractivity contribution in [3.63, 3.8) is 0 Å². The van der Waals surface area contributed by atoms with Crippen molar-refractivity contribution in [3.05, 3.63) is 73.6 Å². The first-order valence-electron chi connectivity index (χ1n) is 14.7. The van der Waals surface area contributed by atoms with Crippen LogP contribution in [0.3, 0.4) is 0 Å². The molecule has 5 heterocycles. The van der Waals surface area contributed by atoms with Crippen molar-refractivity contribution >= 4 is 63.2 Å². The Balaban J connectivity index is 1.75. The van der Waals surface area contributed by atoms with Crippen molar-refractivity contribution in [3.8, 4) is 22.7 Å². The van der Waals surface area contributed by atoms with Gasteiger partial charge in [0.2, 0.25) is 5.91 Å². The topological polar surface area (TPSA) is 119 Å². The summed E-state index contributed by atoms with van der Waals surface area (Å²) in [6.45, 7) is 12.2. The fourth-order valence-electron chi connectivity index (χ4n) is 6.28. The highest BCUT2D eigenvalue weighted by molar-refractivity contribution is 6.39. The van der Waals surface area contributed by atoms with E-state index in [1.807, 2.05) is 32.6 Å². The number of nitrogens with zero attached hydrogens (tertiary/aromatic N) is 6. The van der Waals surface area contributed by atoms with Gasteiger partial charge in [-0.05, 0) is 43.5 Å². The summed E-state index contributed by atoms with van der Waals surface area (Å²) in [6, 6.07) is 2.51. The van der Waals surface area contributed by atoms with E-state index in [1.54, 1.807) is 17.2 Å². The van der Waals surface area contributed by atoms with Gasteiger partial charge in [0.15, 0.2) is 17.2 Å². The molecule has 0 aliphatic carbocycles. The van der Waals surface area contributed by atoms with Crippen LogP contribution in [0.1, 0.15) is 44.4 Å². The highest BCUT2D eigenvalue weighted by atomic mass is 35.5. The Hall–Kier alpha value is -3.93. The predicted octanol–water partition coefficient (Wildman–Crippen LogP) is 6.33. The summed E-state index contributed by atoms with van der Waals surface area (Å²) in [5.74, 6) is -0.711. The number of hydrogen-bond donors (Lipinski definition) is 1. The lowest BCUT2D eigenvalue weighted by Gasteiger charge is -2.46. The molecule has 2 aliphatic heterocycles. The number of ether oxygens (including phenoxy) is 1. The van der Waals surface area contributed by atoms with E-state index in [0.29, 0.717) is 42.1 Å². The van der Waals surface area contributed by atoms with Crippen LogP contribution in [0.25, 0.3) is 28.0 Å². The van der Waals surface area contributed by atoms with Crippen molar-refractivity contribution in [2.75, 3.05) is 30.3 Å². The maximum atomic E-state index is 15.8. The van der Waals surface area contributed by atoms with E-state index in [-0.39, 0.29) is 73.9 Å². The molecule has 10 nitrogen and oxygen atoms in total. The molecule has 1 aromatic carbocycles. The minimum atomic E-state index is -0.879. The number of aromatic nitrogens is 4. The maximum Gasteiger partial charge on any atom is 0.355 e. The molecule has 2 atom stereocenters. The van der Waals surface area contributed by atoms with Crippen LogP contribution < -0.4 is 21.1 Å². The predicted molar refractivity (Wildman–Crippen MR) is 179 cm³/mol. The number of fused-ring (bicyclic) bond motifs is 2. The molecule has 1 amide bonds. The van der Waals surface area contributed by atoms with E-state index >= 15 is 4.39 Å². The van der Waals surface area contributed by atoms with E-state index in [4.69, 9.17) is 50.3 Å². The quantitative estimate of drug-likeness (QED) is 0.150. The van der Waals surface area contributed by atoms with Crippen molar-refractivity contribution in [1.29, 1.82) is 0 Å². The second-order valence-corrected chi connectivity index (χ2v) is 13.0. The Morgan fingerprint density at radius 3 is 2.65 bits per heavy atom. The van der Waals surface area contributed by atoms with Gasteiger partial charge in [0.05, 0.1) is 45.3 Å². The minimum Gasteiger partial charge on any atom is -0.491 e. The van der Waals surface area contributed by atoms with Crippen LogP contribution in [-0.4, -0.2) is 62.1 Å². The zero-order valence-electron chi connectivity index (χ0n) is 25.6. The Labute approximate surface area is 279 Å². The number of hydrogen-bond acceptors (Lipinski definition) is 8. The second-order valence-electron chi connectivity index (χ2n) is 11.8.